The number of pyridine rings is 1. The first kappa shape index (κ1) is 20.2. The van der Waals surface area contributed by atoms with Crippen molar-refractivity contribution >= 4 is 23.0 Å². The number of para-hydroxylation sites is 1. The van der Waals surface area contributed by atoms with Gasteiger partial charge in [-0.05, 0) is 72.9 Å². The summed E-state index contributed by atoms with van der Waals surface area (Å²) in [6.45, 7) is 0. The van der Waals surface area contributed by atoms with Crippen LogP contribution in [0.5, 0.6) is 5.75 Å². The molecule has 1 aliphatic rings. The van der Waals surface area contributed by atoms with E-state index in [2.05, 4.69) is 14.9 Å². The second-order valence-corrected chi connectivity index (χ2v) is 7.84. The van der Waals surface area contributed by atoms with Crippen LogP contribution >= 0.6 is 12.2 Å². The van der Waals surface area contributed by atoms with Crippen LogP contribution in [0.4, 0.5) is 10.1 Å². The number of rotatable bonds is 5. The van der Waals surface area contributed by atoms with Crippen LogP contribution in [0.1, 0.15) is 23.5 Å². The molecule has 1 N–H and O–H groups in total. The number of hydrogen-bond donors (Lipinski definition) is 1. The van der Waals surface area contributed by atoms with E-state index in [1.54, 1.807) is 25.4 Å². The van der Waals surface area contributed by atoms with Crippen molar-refractivity contribution in [2.75, 3.05) is 12.0 Å². The molecular weight excluding hydrogens is 423 g/mol. The Hall–Kier alpha value is -3.71. The lowest BCUT2D eigenvalue weighted by Gasteiger charge is -2.29. The van der Waals surface area contributed by atoms with Crippen LogP contribution in [-0.2, 0) is 0 Å². The molecule has 1 fully saturated rings. The fourth-order valence-corrected chi connectivity index (χ4v) is 4.51. The summed E-state index contributed by atoms with van der Waals surface area (Å²) < 4.78 is 22.3. The van der Waals surface area contributed by atoms with Gasteiger partial charge in [0.2, 0.25) is 0 Å². The number of ether oxygens (including phenoxy) is 1. The van der Waals surface area contributed by atoms with Crippen LogP contribution in [0.15, 0.2) is 91.3 Å². The minimum absolute atomic E-state index is 0.254. The fraction of sp³-hybridized carbons (Fsp3) is 0.120. The molecule has 1 aliphatic heterocycles. The lowest BCUT2D eigenvalue weighted by molar-refractivity contribution is 0.414. The molecule has 2 aromatic heterocycles. The van der Waals surface area contributed by atoms with Gasteiger partial charge in [-0.3, -0.25) is 4.98 Å². The van der Waals surface area contributed by atoms with E-state index >= 15 is 0 Å². The third kappa shape index (κ3) is 3.50. The number of methoxy groups -OCH3 is 1. The van der Waals surface area contributed by atoms with Crippen LogP contribution in [0, 0.1) is 5.82 Å². The Morgan fingerprint density at radius 3 is 2.47 bits per heavy atom. The van der Waals surface area contributed by atoms with Gasteiger partial charge in [0.25, 0.3) is 0 Å². The second kappa shape index (κ2) is 8.43. The van der Waals surface area contributed by atoms with Gasteiger partial charge < -0.3 is 19.5 Å². The summed E-state index contributed by atoms with van der Waals surface area (Å²) in [4.78, 5) is 6.41. The molecule has 4 aromatic rings. The van der Waals surface area contributed by atoms with Crippen molar-refractivity contribution in [2.24, 2.45) is 0 Å². The highest BCUT2D eigenvalue weighted by molar-refractivity contribution is 7.80. The highest BCUT2D eigenvalue weighted by Crippen LogP contribution is 2.42. The Morgan fingerprint density at radius 2 is 1.75 bits per heavy atom. The Balaban J connectivity index is 1.66. The zero-order chi connectivity index (χ0) is 22.1. The average molecular weight is 445 g/mol. The van der Waals surface area contributed by atoms with Crippen LogP contribution in [-0.4, -0.2) is 21.8 Å². The van der Waals surface area contributed by atoms with Crippen molar-refractivity contribution in [3.8, 4) is 11.4 Å². The number of halogens is 1. The number of thiocarbonyl (C=S) groups is 1. The normalized spacial score (nSPS) is 17.9. The maximum absolute atomic E-state index is 14.9. The third-order valence-electron chi connectivity index (χ3n) is 5.64. The lowest BCUT2D eigenvalue weighted by Crippen LogP contribution is -2.31. The van der Waals surface area contributed by atoms with E-state index in [1.807, 2.05) is 71.8 Å². The van der Waals surface area contributed by atoms with Crippen LogP contribution < -0.4 is 15.0 Å². The molecule has 0 saturated carbocycles. The van der Waals surface area contributed by atoms with Gasteiger partial charge in [-0.15, -0.1) is 0 Å². The summed E-state index contributed by atoms with van der Waals surface area (Å²) >= 11 is 5.70. The molecule has 1 saturated heterocycles. The van der Waals surface area contributed by atoms with Crippen LogP contribution in [0.3, 0.4) is 0 Å². The zero-order valence-electron chi connectivity index (χ0n) is 17.4. The van der Waals surface area contributed by atoms with E-state index in [1.165, 1.54) is 6.07 Å². The lowest BCUT2D eigenvalue weighted by atomic mass is 10.0. The topological polar surface area (TPSA) is 42.3 Å². The van der Waals surface area contributed by atoms with E-state index in [4.69, 9.17) is 17.0 Å². The summed E-state index contributed by atoms with van der Waals surface area (Å²) in [5.41, 5.74) is 3.19. The molecular formula is C25H21FN4OS. The van der Waals surface area contributed by atoms with E-state index in [9.17, 15) is 4.39 Å². The highest BCUT2D eigenvalue weighted by Gasteiger charge is 2.42. The number of anilines is 1. The van der Waals surface area contributed by atoms with Gasteiger partial charge in [0, 0.05) is 23.8 Å². The van der Waals surface area contributed by atoms with Gasteiger partial charge in [-0.2, -0.15) is 0 Å². The SMILES string of the molecule is COc1ccc(-n2cccc2[C@@H]2[C@H](c3ccccn3)NC(=S)N2c2ccccc2F)cc1. The van der Waals surface area contributed by atoms with Crippen LogP contribution in [0.25, 0.3) is 5.69 Å². The Morgan fingerprint density at radius 1 is 0.969 bits per heavy atom. The smallest absolute Gasteiger partial charge is 0.174 e. The Labute approximate surface area is 191 Å². The van der Waals surface area contributed by atoms with E-state index in [0.717, 1.165) is 22.8 Å². The molecule has 0 unspecified atom stereocenters. The molecule has 2 atom stereocenters. The minimum atomic E-state index is -0.328. The van der Waals surface area contributed by atoms with E-state index in [-0.39, 0.29) is 17.9 Å². The highest BCUT2D eigenvalue weighted by atomic mass is 32.1. The molecule has 2 aromatic carbocycles. The van der Waals surface area contributed by atoms with Gasteiger partial charge in [0.1, 0.15) is 17.6 Å². The quantitative estimate of drug-likeness (QED) is 0.429. The first-order valence-electron chi connectivity index (χ1n) is 10.2. The molecule has 160 valence electrons. The van der Waals surface area contributed by atoms with Crippen molar-refractivity contribution in [3.05, 3.63) is 108 Å². The first-order chi connectivity index (χ1) is 15.7. The first-order valence-corrected chi connectivity index (χ1v) is 10.6. The van der Waals surface area contributed by atoms with Gasteiger partial charge in [0.15, 0.2) is 5.11 Å². The van der Waals surface area contributed by atoms with Crippen molar-refractivity contribution in [1.82, 2.24) is 14.9 Å². The van der Waals surface area contributed by atoms with Gasteiger partial charge >= 0.3 is 0 Å². The van der Waals surface area contributed by atoms with Gasteiger partial charge in [0.05, 0.1) is 24.5 Å². The molecule has 0 radical (unpaired) electrons. The van der Waals surface area contributed by atoms with Crippen LogP contribution in [0.2, 0.25) is 0 Å². The van der Waals surface area contributed by atoms with Crippen molar-refractivity contribution < 1.29 is 9.13 Å². The molecule has 7 heteroatoms. The summed E-state index contributed by atoms with van der Waals surface area (Å²) in [5, 5.41) is 3.83. The number of nitrogens with one attached hydrogen (secondary N) is 1. The third-order valence-corrected chi connectivity index (χ3v) is 5.96. The molecule has 0 aliphatic carbocycles. The van der Waals surface area contributed by atoms with Crippen molar-refractivity contribution in [2.45, 2.75) is 12.1 Å². The summed E-state index contributed by atoms with van der Waals surface area (Å²) in [6.07, 6.45) is 3.75. The standard InChI is InChI=1S/C25H21FN4OS/c1-31-18-13-11-17(12-14-18)29-16-6-10-22(29)24-23(20-8-4-5-15-27-20)28-25(32)30(24)21-9-3-2-7-19(21)26/h2-16,23-24H,1H3,(H,28,32)/t23-,24+/m0/s1. The maximum Gasteiger partial charge on any atom is 0.174 e. The number of aromatic nitrogens is 2. The number of hydrogen-bond acceptors (Lipinski definition) is 3. The Kier molecular flexibility index (Phi) is 5.33. The predicted octanol–water partition coefficient (Wildman–Crippen LogP) is 5.20. The van der Waals surface area contributed by atoms with Gasteiger partial charge in [-0.25, -0.2) is 4.39 Å². The van der Waals surface area contributed by atoms with Crippen molar-refractivity contribution in [3.63, 3.8) is 0 Å². The molecule has 0 spiro atoms. The van der Waals surface area contributed by atoms with Gasteiger partial charge in [-0.1, -0.05) is 18.2 Å². The Bertz CT molecular complexity index is 1240. The number of benzene rings is 2. The predicted molar refractivity (Wildman–Crippen MR) is 127 cm³/mol. The zero-order valence-corrected chi connectivity index (χ0v) is 18.2. The monoisotopic (exact) mass is 444 g/mol. The molecule has 0 amide bonds. The van der Waals surface area contributed by atoms with E-state index < -0.39 is 0 Å². The second-order valence-electron chi connectivity index (χ2n) is 7.45. The van der Waals surface area contributed by atoms with Crippen molar-refractivity contribution in [1.29, 1.82) is 0 Å². The summed E-state index contributed by atoms with van der Waals surface area (Å²) in [5.74, 6) is 0.455. The largest absolute Gasteiger partial charge is 0.497 e. The number of nitrogens with zero attached hydrogens (tertiary/aromatic N) is 3. The average Bonchev–Trinajstić information content (AvgIpc) is 3.44. The fourth-order valence-electron chi connectivity index (χ4n) is 4.18. The molecule has 3 heterocycles. The van der Waals surface area contributed by atoms with E-state index in [0.29, 0.717) is 10.8 Å². The maximum atomic E-state index is 14.9. The summed E-state index contributed by atoms with van der Waals surface area (Å²) in [6, 6.07) is 23.7. The molecule has 5 nitrogen and oxygen atoms in total. The molecule has 32 heavy (non-hydrogen) atoms. The minimum Gasteiger partial charge on any atom is -0.497 e. The summed E-state index contributed by atoms with van der Waals surface area (Å²) in [7, 11) is 1.64. The molecule has 0 bridgehead atoms. The molecule has 5 rings (SSSR count).